The Hall–Kier alpha value is 2.07. The van der Waals surface area contributed by atoms with E-state index in [-0.39, 0.29) is 19.3 Å². The molecule has 0 aromatic heterocycles. The van der Waals surface area contributed by atoms with Gasteiger partial charge < -0.3 is 0 Å². The van der Waals surface area contributed by atoms with Crippen molar-refractivity contribution in [1.29, 1.82) is 0 Å². The fourth-order valence-electron chi connectivity index (χ4n) is 1.94. The largest absolute Gasteiger partial charge is 0.280 e. The second-order valence-electron chi connectivity index (χ2n) is 4.25. The van der Waals surface area contributed by atoms with E-state index in [0.29, 0.717) is 0 Å². The van der Waals surface area contributed by atoms with Gasteiger partial charge in [0.1, 0.15) is 0 Å². The van der Waals surface area contributed by atoms with Gasteiger partial charge in [0.05, 0.1) is 10.3 Å². The molecule has 0 amide bonds. The Morgan fingerprint density at radius 1 is 0.667 bits per heavy atom. The van der Waals surface area contributed by atoms with Gasteiger partial charge in [0.15, 0.2) is 0 Å². The molecule has 1 fully saturated rings. The average Bonchev–Trinajstić information content (AvgIpc) is 2.14. The van der Waals surface area contributed by atoms with Crippen LogP contribution in [0.25, 0.3) is 0 Å². The molecular weight excluding hydrogens is 643 g/mol. The van der Waals surface area contributed by atoms with Gasteiger partial charge in [-0.1, -0.05) is 67.8 Å². The van der Waals surface area contributed by atoms with Crippen LogP contribution in [0.15, 0.2) is 0 Å². The van der Waals surface area contributed by atoms with E-state index >= 15 is 0 Å². The maximum Gasteiger partial charge on any atom is 0.237 e. The second-order valence-corrected chi connectivity index (χ2v) is 11.5. The minimum Gasteiger partial charge on any atom is -0.280 e. The molecule has 0 atom stereocenters. The first-order chi connectivity index (χ1) is 7.95. The van der Waals surface area contributed by atoms with Crippen molar-refractivity contribution in [3.63, 3.8) is 0 Å². The van der Waals surface area contributed by atoms with Crippen LogP contribution in [-0.2, 0) is 14.4 Å². The Bertz CT molecular complexity index is 359. The predicted molar refractivity (Wildman–Crippen MR) is 96.7 cm³/mol. The highest BCUT2D eigenvalue weighted by molar-refractivity contribution is 14.1. The molecule has 1 saturated carbocycles. The van der Waals surface area contributed by atoms with E-state index in [4.69, 9.17) is 34.8 Å². The first-order valence-corrected chi connectivity index (χ1v) is 8.99. The minimum absolute atomic E-state index is 0.195. The lowest BCUT2D eigenvalue weighted by Gasteiger charge is -2.45. The Labute approximate surface area is 160 Å². The normalized spacial score (nSPS) is 40.3. The number of hydrogen-bond donors (Lipinski definition) is 0. The molecule has 0 N–H and O–H groups in total. The summed E-state index contributed by atoms with van der Waals surface area (Å²) in [4.78, 5) is 34.8. The molecule has 0 radical (unpaired) electrons. The summed E-state index contributed by atoms with van der Waals surface area (Å²) in [5.74, 6) is 0. The maximum absolute atomic E-state index is 11.6. The van der Waals surface area contributed by atoms with Gasteiger partial charge >= 0.3 is 0 Å². The molecule has 0 spiro atoms. The molecule has 9 heteroatoms. The SMILES string of the molecule is O=C(Cl)C1(I)CC(I)(C(=O)Cl)CC(I)(C(=O)Cl)C1. The van der Waals surface area contributed by atoms with Crippen LogP contribution >= 0.6 is 103 Å². The van der Waals surface area contributed by atoms with Crippen LogP contribution in [0.4, 0.5) is 0 Å². The maximum atomic E-state index is 11.6. The molecule has 3 nitrogen and oxygen atoms in total. The van der Waals surface area contributed by atoms with Gasteiger partial charge in [0.2, 0.25) is 15.7 Å². The van der Waals surface area contributed by atoms with Crippen molar-refractivity contribution in [2.24, 2.45) is 0 Å². The number of rotatable bonds is 3. The number of hydrogen-bond acceptors (Lipinski definition) is 3. The fourth-order valence-corrected chi connectivity index (χ4v) is 8.43. The molecule has 1 aliphatic carbocycles. The van der Waals surface area contributed by atoms with E-state index in [9.17, 15) is 14.4 Å². The zero-order chi connectivity index (χ0) is 14.4. The van der Waals surface area contributed by atoms with Crippen molar-refractivity contribution in [2.75, 3.05) is 0 Å². The Morgan fingerprint density at radius 3 is 0.944 bits per heavy atom. The average molecular weight is 649 g/mol. The van der Waals surface area contributed by atoms with Gasteiger partial charge in [0, 0.05) is 0 Å². The van der Waals surface area contributed by atoms with E-state index in [1.165, 1.54) is 0 Å². The van der Waals surface area contributed by atoms with Gasteiger partial charge in [-0.25, -0.2) is 0 Å². The highest BCUT2D eigenvalue weighted by Crippen LogP contribution is 2.55. The van der Waals surface area contributed by atoms with Crippen molar-refractivity contribution in [2.45, 2.75) is 29.5 Å². The number of halogens is 6. The zero-order valence-electron chi connectivity index (χ0n) is 8.61. The van der Waals surface area contributed by atoms with Crippen LogP contribution in [0.3, 0.4) is 0 Å². The standard InChI is InChI=1S/C9H6Cl3I3O3/c10-4(16)7(13)1-8(14,5(11)17)3-9(15,2-7)6(12)18/h1-3H2. The molecule has 0 saturated heterocycles. The molecule has 0 unspecified atom stereocenters. The van der Waals surface area contributed by atoms with E-state index < -0.39 is 26.0 Å². The van der Waals surface area contributed by atoms with Gasteiger partial charge in [-0.15, -0.1) is 0 Å². The number of alkyl halides is 3. The van der Waals surface area contributed by atoms with Crippen LogP contribution in [0.5, 0.6) is 0 Å². The monoisotopic (exact) mass is 648 g/mol. The molecule has 102 valence electrons. The molecular formula is C9H6Cl3I3O3. The van der Waals surface area contributed by atoms with Gasteiger partial charge in [-0.3, -0.25) is 14.4 Å². The molecule has 0 aromatic carbocycles. The summed E-state index contributed by atoms with van der Waals surface area (Å²) < 4.78 is -3.06. The summed E-state index contributed by atoms with van der Waals surface area (Å²) in [5, 5.41) is -1.79. The molecule has 1 aliphatic rings. The molecule has 0 aliphatic heterocycles. The highest BCUT2D eigenvalue weighted by atomic mass is 127. The van der Waals surface area contributed by atoms with E-state index in [1.54, 1.807) is 0 Å². The third-order valence-corrected chi connectivity index (χ3v) is 8.54. The molecule has 0 heterocycles. The van der Waals surface area contributed by atoms with Crippen molar-refractivity contribution in [3.05, 3.63) is 0 Å². The van der Waals surface area contributed by atoms with Gasteiger partial charge in [-0.05, 0) is 54.1 Å². The highest BCUT2D eigenvalue weighted by Gasteiger charge is 2.59. The summed E-state index contributed by atoms with van der Waals surface area (Å²) >= 11 is 22.5. The van der Waals surface area contributed by atoms with Crippen molar-refractivity contribution in [3.8, 4) is 0 Å². The summed E-state index contributed by atoms with van der Waals surface area (Å²) in [5.41, 5.74) is 0. The topological polar surface area (TPSA) is 51.2 Å². The fraction of sp³-hybridized carbons (Fsp3) is 0.667. The van der Waals surface area contributed by atoms with Crippen LogP contribution in [-0.4, -0.2) is 26.0 Å². The Balaban J connectivity index is 3.28. The molecule has 1 rings (SSSR count). The lowest BCUT2D eigenvalue weighted by Crippen LogP contribution is -2.55. The minimum atomic E-state index is -1.02. The third kappa shape index (κ3) is 3.63. The Morgan fingerprint density at radius 2 is 0.833 bits per heavy atom. The molecule has 0 bridgehead atoms. The van der Waals surface area contributed by atoms with E-state index in [1.807, 2.05) is 67.8 Å². The third-order valence-electron chi connectivity index (χ3n) is 2.74. The summed E-state index contributed by atoms with van der Waals surface area (Å²) in [6.45, 7) is 0. The number of carbonyl (C=O) groups is 3. The first kappa shape index (κ1) is 18.1. The van der Waals surface area contributed by atoms with Gasteiger partial charge in [-0.2, -0.15) is 0 Å². The van der Waals surface area contributed by atoms with Crippen LogP contribution < -0.4 is 0 Å². The van der Waals surface area contributed by atoms with Crippen LogP contribution in [0.2, 0.25) is 0 Å². The smallest absolute Gasteiger partial charge is 0.237 e. The van der Waals surface area contributed by atoms with E-state index in [0.717, 1.165) is 0 Å². The first-order valence-electron chi connectivity index (χ1n) is 4.62. The lowest BCUT2D eigenvalue weighted by molar-refractivity contribution is -0.118. The van der Waals surface area contributed by atoms with Crippen molar-refractivity contribution in [1.82, 2.24) is 0 Å². The summed E-state index contributed by atoms with van der Waals surface area (Å²) in [7, 11) is 0. The summed E-state index contributed by atoms with van der Waals surface area (Å²) in [6.07, 6.45) is 0.585. The van der Waals surface area contributed by atoms with Gasteiger partial charge in [0.25, 0.3) is 0 Å². The predicted octanol–water partition coefficient (Wildman–Crippen LogP) is 3.99. The molecule has 0 aromatic rings. The van der Waals surface area contributed by atoms with Crippen LogP contribution in [0.1, 0.15) is 19.3 Å². The van der Waals surface area contributed by atoms with E-state index in [2.05, 4.69) is 0 Å². The summed E-state index contributed by atoms with van der Waals surface area (Å²) in [6, 6.07) is 0. The van der Waals surface area contributed by atoms with Crippen LogP contribution in [0, 0.1) is 0 Å². The zero-order valence-corrected chi connectivity index (χ0v) is 17.4. The van der Waals surface area contributed by atoms with Crippen molar-refractivity contribution < 1.29 is 14.4 Å². The lowest BCUT2D eigenvalue weighted by atomic mass is 9.76. The second kappa shape index (κ2) is 6.05. The van der Waals surface area contributed by atoms with Crippen molar-refractivity contribution >= 4 is 118 Å². The Kier molecular flexibility index (Phi) is 6.09. The quantitative estimate of drug-likeness (QED) is 0.264. The number of carbonyl (C=O) groups excluding carboxylic acids is 3. The molecule has 18 heavy (non-hydrogen) atoms.